The van der Waals surface area contributed by atoms with Crippen molar-refractivity contribution in [1.29, 1.82) is 0 Å². The highest BCUT2D eigenvalue weighted by Crippen LogP contribution is 2.33. The quantitative estimate of drug-likeness (QED) is 0.769. The Labute approximate surface area is 152 Å². The van der Waals surface area contributed by atoms with Crippen LogP contribution in [0.3, 0.4) is 0 Å². The van der Waals surface area contributed by atoms with Crippen LogP contribution >= 0.6 is 40.7 Å². The maximum Gasteiger partial charge on any atom is 0.132 e. The van der Waals surface area contributed by atoms with Gasteiger partial charge in [0.05, 0.1) is 0 Å². The zero-order valence-electron chi connectivity index (χ0n) is 12.7. The third kappa shape index (κ3) is 5.60. The van der Waals surface area contributed by atoms with Crippen molar-refractivity contribution in [3.05, 3.63) is 33.8 Å². The van der Waals surface area contributed by atoms with E-state index in [2.05, 4.69) is 40.0 Å². The average Bonchev–Trinajstić information content (AvgIpc) is 2.37. The second-order valence-electron chi connectivity index (χ2n) is 5.71. The lowest BCUT2D eigenvalue weighted by atomic mass is 9.94. The Kier molecular flexibility index (Phi) is 10.1. The molecule has 0 aromatic heterocycles. The van der Waals surface area contributed by atoms with Gasteiger partial charge in [0.25, 0.3) is 0 Å². The first-order chi connectivity index (χ1) is 9.49. The van der Waals surface area contributed by atoms with Crippen LogP contribution in [-0.4, -0.2) is 31.1 Å². The molecule has 2 rings (SSSR count). The molecular weight excluding hydrogens is 397 g/mol. The Hall–Kier alpha value is 0.0600. The van der Waals surface area contributed by atoms with Crippen molar-refractivity contribution >= 4 is 40.7 Å². The average molecular weight is 420 g/mol. The number of benzene rings is 1. The molecule has 0 radical (unpaired) electrons. The molecule has 22 heavy (non-hydrogen) atoms. The number of rotatable bonds is 4. The van der Waals surface area contributed by atoms with E-state index in [0.29, 0.717) is 10.4 Å². The molecule has 0 aliphatic carbocycles. The molecule has 0 bridgehead atoms. The van der Waals surface area contributed by atoms with Crippen molar-refractivity contribution in [3.63, 3.8) is 0 Å². The predicted molar refractivity (Wildman–Crippen MR) is 95.2 cm³/mol. The summed E-state index contributed by atoms with van der Waals surface area (Å²) < 4.78 is 29.0. The summed E-state index contributed by atoms with van der Waals surface area (Å²) in [5, 5.41) is 3.28. The summed E-state index contributed by atoms with van der Waals surface area (Å²) in [4.78, 5) is 2.19. The molecule has 1 saturated heterocycles. The van der Waals surface area contributed by atoms with E-state index in [1.807, 2.05) is 0 Å². The number of hydrogen-bond donors (Lipinski definition) is 1. The van der Waals surface area contributed by atoms with Crippen LogP contribution in [0.2, 0.25) is 0 Å². The third-order valence-corrected chi connectivity index (χ3v) is 4.12. The van der Waals surface area contributed by atoms with Gasteiger partial charge in [-0.15, -0.1) is 24.8 Å². The van der Waals surface area contributed by atoms with Gasteiger partial charge in [0.1, 0.15) is 11.6 Å². The fourth-order valence-electron chi connectivity index (χ4n) is 2.76. The van der Waals surface area contributed by atoms with E-state index in [-0.39, 0.29) is 36.4 Å². The molecule has 0 saturated carbocycles. The molecule has 1 heterocycles. The largest absolute Gasteiger partial charge is 0.314 e. The van der Waals surface area contributed by atoms with Gasteiger partial charge in [-0.1, -0.05) is 29.8 Å². The van der Waals surface area contributed by atoms with E-state index >= 15 is 0 Å². The van der Waals surface area contributed by atoms with Crippen molar-refractivity contribution in [2.75, 3.05) is 26.2 Å². The minimum absolute atomic E-state index is 0. The standard InChI is InChI=1S/C15H21BrF2N2.2ClH/c1-10(2)7-14(20-5-3-19-4-6-20)15-12(17)8-11(16)9-13(15)18;;/h8-10,14,19H,3-7H2,1-2H3;2*1H/t14-;;/m1../s1. The molecule has 1 atom stereocenters. The molecule has 7 heteroatoms. The molecule has 0 amide bonds. The zero-order valence-corrected chi connectivity index (χ0v) is 16.0. The molecule has 1 aromatic carbocycles. The second kappa shape index (κ2) is 10.0. The van der Waals surface area contributed by atoms with E-state index in [1.54, 1.807) is 0 Å². The SMILES string of the molecule is CC(C)C[C@H](c1c(F)cc(Br)cc1F)N1CCNCC1.Cl.Cl. The van der Waals surface area contributed by atoms with Crippen LogP contribution in [0.5, 0.6) is 0 Å². The van der Waals surface area contributed by atoms with Crippen LogP contribution < -0.4 is 5.32 Å². The predicted octanol–water partition coefficient (Wildman–Crippen LogP) is 4.56. The van der Waals surface area contributed by atoms with E-state index in [9.17, 15) is 8.78 Å². The van der Waals surface area contributed by atoms with Crippen LogP contribution in [0.4, 0.5) is 8.78 Å². The summed E-state index contributed by atoms with van der Waals surface area (Å²) in [7, 11) is 0. The van der Waals surface area contributed by atoms with Gasteiger partial charge in [-0.2, -0.15) is 0 Å². The van der Waals surface area contributed by atoms with Gasteiger partial charge in [0, 0.05) is 42.3 Å². The Morgan fingerprint density at radius 1 is 1.14 bits per heavy atom. The first kappa shape index (κ1) is 22.1. The van der Waals surface area contributed by atoms with Gasteiger partial charge in [-0.3, -0.25) is 4.90 Å². The number of nitrogens with zero attached hydrogens (tertiary/aromatic N) is 1. The molecule has 2 nitrogen and oxygen atoms in total. The first-order valence-electron chi connectivity index (χ1n) is 7.08. The lowest BCUT2D eigenvalue weighted by Crippen LogP contribution is -2.45. The zero-order chi connectivity index (χ0) is 14.7. The summed E-state index contributed by atoms with van der Waals surface area (Å²) in [6, 6.07) is 2.52. The smallest absolute Gasteiger partial charge is 0.132 e. The normalized spacial score (nSPS) is 16.8. The lowest BCUT2D eigenvalue weighted by Gasteiger charge is -2.36. The van der Waals surface area contributed by atoms with Gasteiger partial charge in [0.2, 0.25) is 0 Å². The minimum atomic E-state index is -0.457. The summed E-state index contributed by atoms with van der Waals surface area (Å²) >= 11 is 3.14. The highest BCUT2D eigenvalue weighted by Gasteiger charge is 2.28. The molecule has 1 N–H and O–H groups in total. The van der Waals surface area contributed by atoms with E-state index in [0.717, 1.165) is 32.6 Å². The Morgan fingerprint density at radius 2 is 1.64 bits per heavy atom. The Morgan fingerprint density at radius 3 is 2.09 bits per heavy atom. The summed E-state index contributed by atoms with van der Waals surface area (Å²) in [6.45, 7) is 7.56. The van der Waals surface area contributed by atoms with Crippen LogP contribution in [0.15, 0.2) is 16.6 Å². The molecule has 1 fully saturated rings. The van der Waals surface area contributed by atoms with Gasteiger partial charge >= 0.3 is 0 Å². The van der Waals surface area contributed by atoms with Gasteiger partial charge in [0.15, 0.2) is 0 Å². The number of halogens is 5. The van der Waals surface area contributed by atoms with E-state index < -0.39 is 11.6 Å². The molecule has 1 aromatic rings. The highest BCUT2D eigenvalue weighted by molar-refractivity contribution is 9.10. The van der Waals surface area contributed by atoms with Gasteiger partial charge in [-0.05, 0) is 24.5 Å². The fourth-order valence-corrected chi connectivity index (χ4v) is 3.16. The van der Waals surface area contributed by atoms with Crippen molar-refractivity contribution in [3.8, 4) is 0 Å². The monoisotopic (exact) mass is 418 g/mol. The van der Waals surface area contributed by atoms with Crippen molar-refractivity contribution in [2.45, 2.75) is 26.3 Å². The molecule has 1 aliphatic rings. The van der Waals surface area contributed by atoms with Crippen molar-refractivity contribution in [2.24, 2.45) is 5.92 Å². The van der Waals surface area contributed by atoms with Gasteiger partial charge in [-0.25, -0.2) is 8.78 Å². The molecule has 1 aliphatic heterocycles. The highest BCUT2D eigenvalue weighted by atomic mass is 79.9. The summed E-state index contributed by atoms with van der Waals surface area (Å²) in [6.07, 6.45) is 0.759. The van der Waals surface area contributed by atoms with Crippen molar-refractivity contribution in [1.82, 2.24) is 10.2 Å². The molecule has 128 valence electrons. The maximum absolute atomic E-state index is 14.3. The fraction of sp³-hybridized carbons (Fsp3) is 0.600. The third-order valence-electron chi connectivity index (χ3n) is 3.66. The lowest BCUT2D eigenvalue weighted by molar-refractivity contribution is 0.147. The van der Waals surface area contributed by atoms with Crippen LogP contribution in [0, 0.1) is 17.6 Å². The van der Waals surface area contributed by atoms with E-state index in [1.165, 1.54) is 12.1 Å². The van der Waals surface area contributed by atoms with Gasteiger partial charge < -0.3 is 5.32 Å². The second-order valence-corrected chi connectivity index (χ2v) is 6.63. The molecule has 0 spiro atoms. The number of nitrogens with one attached hydrogen (secondary N) is 1. The van der Waals surface area contributed by atoms with Crippen molar-refractivity contribution < 1.29 is 8.78 Å². The first-order valence-corrected chi connectivity index (χ1v) is 7.87. The number of piperazine rings is 1. The minimum Gasteiger partial charge on any atom is -0.314 e. The van der Waals surface area contributed by atoms with E-state index in [4.69, 9.17) is 0 Å². The van der Waals surface area contributed by atoms with Crippen LogP contribution in [0.1, 0.15) is 31.9 Å². The maximum atomic E-state index is 14.3. The van der Waals surface area contributed by atoms with Crippen LogP contribution in [-0.2, 0) is 0 Å². The summed E-state index contributed by atoms with van der Waals surface area (Å²) in [5.41, 5.74) is 0.212. The molecule has 0 unspecified atom stereocenters. The Balaban J connectivity index is 0.00000220. The van der Waals surface area contributed by atoms with Crippen LogP contribution in [0.25, 0.3) is 0 Å². The molecular formula is C15H23BrCl2F2N2. The summed E-state index contributed by atoms with van der Waals surface area (Å²) in [5.74, 6) is -0.528. The number of hydrogen-bond acceptors (Lipinski definition) is 2. The topological polar surface area (TPSA) is 15.3 Å². The Bertz CT molecular complexity index is 446.